The van der Waals surface area contributed by atoms with Gasteiger partial charge in [0.15, 0.2) is 0 Å². The summed E-state index contributed by atoms with van der Waals surface area (Å²) in [6.07, 6.45) is 4.71. The van der Waals surface area contributed by atoms with Gasteiger partial charge in [0, 0.05) is 25.7 Å². The molecule has 3 heterocycles. The first-order valence-corrected chi connectivity index (χ1v) is 8.56. The minimum absolute atomic E-state index is 0.161. The fourth-order valence-electron chi connectivity index (χ4n) is 3.80. The van der Waals surface area contributed by atoms with Crippen molar-refractivity contribution in [1.82, 2.24) is 14.2 Å². The lowest BCUT2D eigenvalue weighted by atomic mass is 10.0. The first-order chi connectivity index (χ1) is 10.1. The number of hydrogen-bond acceptors (Lipinski definition) is 5. The number of amides is 1. The molecule has 0 spiro atoms. The number of nitrogens with zero attached hydrogens (tertiary/aromatic N) is 3. The highest BCUT2D eigenvalue weighted by Crippen LogP contribution is 2.33. The van der Waals surface area contributed by atoms with Crippen LogP contribution in [0, 0.1) is 6.92 Å². The molecule has 2 aliphatic rings. The highest BCUT2D eigenvalue weighted by Gasteiger charge is 2.39. The number of carbonyl (C=O) groups is 1. The van der Waals surface area contributed by atoms with Crippen LogP contribution < -0.4 is 5.32 Å². The number of aryl methyl sites for hydroxylation is 1. The van der Waals surface area contributed by atoms with E-state index in [-0.39, 0.29) is 5.91 Å². The zero-order valence-corrected chi connectivity index (χ0v) is 13.9. The Kier molecular flexibility index (Phi) is 4.17. The molecule has 0 aromatic carbocycles. The van der Waals surface area contributed by atoms with Gasteiger partial charge in [0.2, 0.25) is 0 Å². The molecule has 2 aliphatic heterocycles. The molecule has 5 nitrogen and oxygen atoms in total. The maximum Gasteiger partial charge on any atom is 0.259 e. The maximum absolute atomic E-state index is 13.0. The monoisotopic (exact) mass is 308 g/mol. The summed E-state index contributed by atoms with van der Waals surface area (Å²) in [5.41, 5.74) is 1.62. The number of carbonyl (C=O) groups excluding carboxylic acids is 1. The standard InChI is InChI=1S/C15H24N4OS/c1-10-13(14(16-2)21-17-10)15(20)19-9-5-7-12(19)11-6-4-8-18(11)3/h11-12,16H,4-9H2,1-3H3/t11-,12-/m1/s1. The molecule has 6 heteroatoms. The second-order valence-electron chi connectivity index (χ2n) is 6.12. The molecule has 1 aromatic rings. The van der Waals surface area contributed by atoms with Crippen LogP contribution in [0.2, 0.25) is 0 Å². The highest BCUT2D eigenvalue weighted by molar-refractivity contribution is 7.10. The minimum Gasteiger partial charge on any atom is -0.378 e. The molecule has 1 amide bonds. The molecule has 2 fully saturated rings. The molecule has 21 heavy (non-hydrogen) atoms. The van der Waals surface area contributed by atoms with Crippen LogP contribution in [0.25, 0.3) is 0 Å². The Bertz CT molecular complexity index is 530. The van der Waals surface area contributed by atoms with Gasteiger partial charge in [0.05, 0.1) is 11.3 Å². The molecule has 1 N–H and O–H groups in total. The zero-order valence-electron chi connectivity index (χ0n) is 13.1. The Balaban J connectivity index is 1.84. The third-order valence-electron chi connectivity index (χ3n) is 4.88. The third-order valence-corrected chi connectivity index (χ3v) is 5.84. The van der Waals surface area contributed by atoms with E-state index >= 15 is 0 Å². The van der Waals surface area contributed by atoms with E-state index in [4.69, 9.17) is 0 Å². The van der Waals surface area contributed by atoms with Crippen LogP contribution in [-0.4, -0.2) is 59.3 Å². The lowest BCUT2D eigenvalue weighted by Crippen LogP contribution is -2.47. The van der Waals surface area contributed by atoms with E-state index in [1.165, 1.54) is 24.4 Å². The van der Waals surface area contributed by atoms with Crippen molar-refractivity contribution in [3.63, 3.8) is 0 Å². The lowest BCUT2D eigenvalue weighted by molar-refractivity contribution is 0.0665. The summed E-state index contributed by atoms with van der Waals surface area (Å²) < 4.78 is 4.34. The van der Waals surface area contributed by atoms with Gasteiger partial charge in [0.1, 0.15) is 5.00 Å². The number of rotatable bonds is 3. The Morgan fingerprint density at radius 3 is 2.67 bits per heavy atom. The number of likely N-dealkylation sites (tertiary alicyclic amines) is 2. The van der Waals surface area contributed by atoms with Crippen molar-refractivity contribution < 1.29 is 4.79 Å². The fourth-order valence-corrected chi connectivity index (χ4v) is 4.54. The smallest absolute Gasteiger partial charge is 0.259 e. The number of anilines is 1. The van der Waals surface area contributed by atoms with Crippen LogP contribution in [0.4, 0.5) is 5.00 Å². The largest absolute Gasteiger partial charge is 0.378 e. The van der Waals surface area contributed by atoms with Crippen molar-refractivity contribution in [2.45, 2.75) is 44.7 Å². The number of nitrogens with one attached hydrogen (secondary N) is 1. The zero-order chi connectivity index (χ0) is 15.0. The van der Waals surface area contributed by atoms with Crippen molar-refractivity contribution in [2.75, 3.05) is 32.5 Å². The van der Waals surface area contributed by atoms with E-state index < -0.39 is 0 Å². The molecule has 0 unspecified atom stereocenters. The van der Waals surface area contributed by atoms with Crippen molar-refractivity contribution in [1.29, 1.82) is 0 Å². The van der Waals surface area contributed by atoms with Crippen molar-refractivity contribution in [2.24, 2.45) is 0 Å². The molecule has 2 saturated heterocycles. The van der Waals surface area contributed by atoms with E-state index in [0.29, 0.717) is 12.1 Å². The van der Waals surface area contributed by atoms with Gasteiger partial charge in [-0.1, -0.05) is 0 Å². The second-order valence-corrected chi connectivity index (χ2v) is 6.89. The summed E-state index contributed by atoms with van der Waals surface area (Å²) >= 11 is 1.38. The van der Waals surface area contributed by atoms with E-state index in [1.54, 1.807) is 0 Å². The minimum atomic E-state index is 0.161. The Hall–Kier alpha value is -1.14. The van der Waals surface area contributed by atoms with Crippen LogP contribution in [0.1, 0.15) is 41.7 Å². The molecule has 0 saturated carbocycles. The average Bonchev–Trinajstić information content (AvgIpc) is 3.16. The van der Waals surface area contributed by atoms with E-state index in [9.17, 15) is 4.79 Å². The average molecular weight is 308 g/mol. The molecule has 2 atom stereocenters. The van der Waals surface area contributed by atoms with Crippen LogP contribution in [0.15, 0.2) is 0 Å². The summed E-state index contributed by atoms with van der Waals surface area (Å²) in [4.78, 5) is 17.5. The fraction of sp³-hybridized carbons (Fsp3) is 0.733. The third kappa shape index (κ3) is 2.55. The summed E-state index contributed by atoms with van der Waals surface area (Å²) in [5, 5.41) is 4.00. The Morgan fingerprint density at radius 2 is 2.00 bits per heavy atom. The summed E-state index contributed by atoms with van der Waals surface area (Å²) in [5.74, 6) is 0.161. The Morgan fingerprint density at radius 1 is 1.29 bits per heavy atom. The quantitative estimate of drug-likeness (QED) is 0.930. The van der Waals surface area contributed by atoms with Gasteiger partial charge in [-0.3, -0.25) is 4.79 Å². The van der Waals surface area contributed by atoms with Crippen LogP contribution >= 0.6 is 11.5 Å². The first-order valence-electron chi connectivity index (χ1n) is 7.78. The number of likely N-dealkylation sites (N-methyl/N-ethyl adjacent to an activating group) is 1. The topological polar surface area (TPSA) is 48.5 Å². The molecule has 116 valence electrons. The normalized spacial score (nSPS) is 26.5. The predicted molar refractivity (Wildman–Crippen MR) is 86.1 cm³/mol. The van der Waals surface area contributed by atoms with Gasteiger partial charge in [-0.15, -0.1) is 0 Å². The second kappa shape index (κ2) is 5.93. The van der Waals surface area contributed by atoms with Crippen LogP contribution in [0.3, 0.4) is 0 Å². The highest BCUT2D eigenvalue weighted by atomic mass is 32.1. The van der Waals surface area contributed by atoms with Crippen molar-refractivity contribution in [3.8, 4) is 0 Å². The number of aromatic nitrogens is 1. The van der Waals surface area contributed by atoms with Gasteiger partial charge < -0.3 is 15.1 Å². The summed E-state index contributed by atoms with van der Waals surface area (Å²) in [6.45, 7) is 3.97. The van der Waals surface area contributed by atoms with E-state index in [0.717, 1.165) is 42.2 Å². The van der Waals surface area contributed by atoms with Crippen LogP contribution in [-0.2, 0) is 0 Å². The van der Waals surface area contributed by atoms with Crippen molar-refractivity contribution in [3.05, 3.63) is 11.3 Å². The van der Waals surface area contributed by atoms with Crippen LogP contribution in [0.5, 0.6) is 0 Å². The predicted octanol–water partition coefficient (Wildman–Crippen LogP) is 2.19. The molecule has 0 bridgehead atoms. The summed E-state index contributed by atoms with van der Waals surface area (Å²) in [7, 11) is 4.05. The SMILES string of the molecule is CNc1snc(C)c1C(=O)N1CCC[C@@H]1[C@H]1CCCN1C. The van der Waals surface area contributed by atoms with Gasteiger partial charge in [0.25, 0.3) is 5.91 Å². The molecular formula is C15H24N4OS. The molecule has 3 rings (SSSR count). The van der Waals surface area contributed by atoms with Gasteiger partial charge >= 0.3 is 0 Å². The molecule has 0 radical (unpaired) electrons. The first kappa shape index (κ1) is 14.8. The van der Waals surface area contributed by atoms with Crippen molar-refractivity contribution >= 4 is 22.4 Å². The molecule has 1 aromatic heterocycles. The van der Waals surface area contributed by atoms with Gasteiger partial charge in [-0.2, -0.15) is 4.37 Å². The molecular weight excluding hydrogens is 284 g/mol. The summed E-state index contributed by atoms with van der Waals surface area (Å²) in [6, 6.07) is 0.899. The van der Waals surface area contributed by atoms with Gasteiger partial charge in [-0.25, -0.2) is 0 Å². The van der Waals surface area contributed by atoms with E-state index in [2.05, 4.69) is 26.5 Å². The lowest BCUT2D eigenvalue weighted by Gasteiger charge is -2.33. The van der Waals surface area contributed by atoms with Gasteiger partial charge in [-0.05, 0) is 57.7 Å². The molecule has 0 aliphatic carbocycles. The Labute approximate surface area is 130 Å². The van der Waals surface area contributed by atoms with E-state index in [1.807, 2.05) is 14.0 Å². The maximum atomic E-state index is 13.0. The number of hydrogen-bond donors (Lipinski definition) is 1.